The van der Waals surface area contributed by atoms with E-state index >= 15 is 0 Å². The number of methoxy groups -OCH3 is 2. The van der Waals surface area contributed by atoms with Gasteiger partial charge in [0.15, 0.2) is 0 Å². The number of ether oxygens (including phenoxy) is 2. The minimum absolute atomic E-state index is 0.173. The summed E-state index contributed by atoms with van der Waals surface area (Å²) in [6.45, 7) is 1.70. The highest BCUT2D eigenvalue weighted by molar-refractivity contribution is 5.39. The van der Waals surface area contributed by atoms with E-state index < -0.39 is 6.10 Å². The summed E-state index contributed by atoms with van der Waals surface area (Å²) in [7, 11) is 5.46. The maximum atomic E-state index is 10.6. The van der Waals surface area contributed by atoms with Crippen molar-refractivity contribution in [3.63, 3.8) is 0 Å². The molecule has 4 heteroatoms. The van der Waals surface area contributed by atoms with Crippen LogP contribution in [0.25, 0.3) is 0 Å². The zero-order valence-electron chi connectivity index (χ0n) is 12.6. The van der Waals surface area contributed by atoms with E-state index in [4.69, 9.17) is 9.47 Å². The maximum Gasteiger partial charge on any atom is 0.119 e. The first-order valence-electron chi connectivity index (χ1n) is 7.21. The van der Waals surface area contributed by atoms with E-state index in [1.54, 1.807) is 14.2 Å². The van der Waals surface area contributed by atoms with Gasteiger partial charge in [-0.25, -0.2) is 0 Å². The first-order chi connectivity index (χ1) is 9.67. The summed E-state index contributed by atoms with van der Waals surface area (Å²) in [4.78, 5) is 2.24. The van der Waals surface area contributed by atoms with E-state index in [2.05, 4.69) is 18.0 Å². The van der Waals surface area contributed by atoms with Crippen LogP contribution in [0.15, 0.2) is 18.2 Å². The van der Waals surface area contributed by atoms with Gasteiger partial charge in [-0.15, -0.1) is 0 Å². The first kappa shape index (κ1) is 15.3. The Bertz CT molecular complexity index is 436. The minimum atomic E-state index is -0.443. The molecule has 1 N–H and O–H groups in total. The van der Waals surface area contributed by atoms with Crippen molar-refractivity contribution in [3.8, 4) is 5.75 Å². The van der Waals surface area contributed by atoms with Crippen molar-refractivity contribution in [2.24, 2.45) is 0 Å². The summed E-state index contributed by atoms with van der Waals surface area (Å²) in [6.07, 6.45) is 2.54. The lowest BCUT2D eigenvalue weighted by Crippen LogP contribution is -2.40. The number of benzene rings is 1. The molecule has 2 rings (SSSR count). The lowest BCUT2D eigenvalue weighted by molar-refractivity contribution is 0.0454. The second-order valence-corrected chi connectivity index (χ2v) is 5.44. The molecule has 0 spiro atoms. The number of likely N-dealkylation sites (N-methyl/N-ethyl adjacent to an activating group) is 1. The van der Waals surface area contributed by atoms with Crippen LogP contribution in [0.5, 0.6) is 5.75 Å². The smallest absolute Gasteiger partial charge is 0.119 e. The number of aliphatic hydroxyl groups is 1. The van der Waals surface area contributed by atoms with Crippen LogP contribution in [-0.2, 0) is 11.2 Å². The molecule has 0 heterocycles. The van der Waals surface area contributed by atoms with E-state index in [1.807, 2.05) is 12.1 Å². The molecule has 20 heavy (non-hydrogen) atoms. The highest BCUT2D eigenvalue weighted by Gasteiger charge is 2.30. The van der Waals surface area contributed by atoms with Crippen LogP contribution >= 0.6 is 0 Å². The number of aliphatic hydroxyl groups excluding tert-OH is 1. The fraction of sp³-hybridized carbons (Fsp3) is 0.625. The van der Waals surface area contributed by atoms with Gasteiger partial charge in [-0.05, 0) is 49.6 Å². The Balaban J connectivity index is 2.07. The van der Waals surface area contributed by atoms with Crippen molar-refractivity contribution in [3.05, 3.63) is 29.3 Å². The normalized spacial score (nSPS) is 21.9. The molecule has 2 unspecified atom stereocenters. The Labute approximate surface area is 121 Å². The number of aryl methyl sites for hydroxylation is 1. The standard InChI is InChI=1S/C16H25NO3/c1-17(9-4-10-19-2)15-8-6-12-5-7-13(20-3)11-14(12)16(15)18/h5,7,11,15-16,18H,4,6,8-10H2,1-3H3. The monoisotopic (exact) mass is 279 g/mol. The molecule has 2 atom stereocenters. The molecule has 0 aliphatic heterocycles. The molecular formula is C16H25NO3. The lowest BCUT2D eigenvalue weighted by atomic mass is 9.85. The number of hydrogen-bond donors (Lipinski definition) is 1. The Morgan fingerprint density at radius 1 is 1.35 bits per heavy atom. The van der Waals surface area contributed by atoms with Gasteiger partial charge in [0, 0.05) is 26.3 Å². The van der Waals surface area contributed by atoms with E-state index in [1.165, 1.54) is 5.56 Å². The summed E-state index contributed by atoms with van der Waals surface area (Å²) < 4.78 is 10.3. The van der Waals surface area contributed by atoms with Crippen molar-refractivity contribution in [2.75, 3.05) is 34.4 Å². The third-order valence-corrected chi connectivity index (χ3v) is 4.17. The van der Waals surface area contributed by atoms with Crippen molar-refractivity contribution in [2.45, 2.75) is 31.4 Å². The van der Waals surface area contributed by atoms with Crippen molar-refractivity contribution in [1.29, 1.82) is 0 Å². The lowest BCUT2D eigenvalue weighted by Gasteiger charge is -2.36. The topological polar surface area (TPSA) is 41.9 Å². The number of rotatable bonds is 6. The molecule has 4 nitrogen and oxygen atoms in total. The molecule has 1 aliphatic carbocycles. The molecule has 1 aromatic carbocycles. The van der Waals surface area contributed by atoms with Gasteiger partial charge in [0.1, 0.15) is 5.75 Å². The predicted molar refractivity (Wildman–Crippen MR) is 79.2 cm³/mol. The van der Waals surface area contributed by atoms with Gasteiger partial charge in [-0.3, -0.25) is 0 Å². The van der Waals surface area contributed by atoms with Crippen LogP contribution in [0.1, 0.15) is 30.1 Å². The largest absolute Gasteiger partial charge is 0.497 e. The quantitative estimate of drug-likeness (QED) is 0.809. The maximum absolute atomic E-state index is 10.6. The third kappa shape index (κ3) is 3.32. The Kier molecular flexibility index (Phi) is 5.40. The summed E-state index contributed by atoms with van der Waals surface area (Å²) in [6, 6.07) is 6.17. The number of hydrogen-bond acceptors (Lipinski definition) is 4. The second kappa shape index (κ2) is 7.07. The van der Waals surface area contributed by atoms with Gasteiger partial charge in [-0.1, -0.05) is 6.07 Å². The minimum Gasteiger partial charge on any atom is -0.497 e. The third-order valence-electron chi connectivity index (χ3n) is 4.17. The van der Waals surface area contributed by atoms with Gasteiger partial charge in [0.25, 0.3) is 0 Å². The van der Waals surface area contributed by atoms with E-state index in [9.17, 15) is 5.11 Å². The molecule has 0 saturated heterocycles. The molecule has 0 aromatic heterocycles. The van der Waals surface area contributed by atoms with Gasteiger partial charge in [-0.2, -0.15) is 0 Å². The SMILES string of the molecule is COCCCN(C)C1CCc2ccc(OC)cc2C1O. The van der Waals surface area contributed by atoms with Crippen molar-refractivity contribution >= 4 is 0 Å². The van der Waals surface area contributed by atoms with Crippen LogP contribution in [0.3, 0.4) is 0 Å². The molecule has 0 amide bonds. The number of fused-ring (bicyclic) bond motifs is 1. The fourth-order valence-electron chi connectivity index (χ4n) is 2.96. The molecule has 1 aromatic rings. The van der Waals surface area contributed by atoms with Crippen LogP contribution in [0.2, 0.25) is 0 Å². The van der Waals surface area contributed by atoms with E-state index in [0.29, 0.717) is 0 Å². The summed E-state index contributed by atoms with van der Waals surface area (Å²) in [5, 5.41) is 10.6. The van der Waals surface area contributed by atoms with Crippen molar-refractivity contribution < 1.29 is 14.6 Å². The van der Waals surface area contributed by atoms with E-state index in [0.717, 1.165) is 43.7 Å². The molecular weight excluding hydrogens is 254 g/mol. The summed E-state index contributed by atoms with van der Waals surface area (Å²) in [5.74, 6) is 0.811. The second-order valence-electron chi connectivity index (χ2n) is 5.44. The summed E-state index contributed by atoms with van der Waals surface area (Å²) in [5.41, 5.74) is 2.25. The first-order valence-corrected chi connectivity index (χ1v) is 7.21. The van der Waals surface area contributed by atoms with Crippen LogP contribution < -0.4 is 4.74 Å². The molecule has 0 radical (unpaired) electrons. The van der Waals surface area contributed by atoms with Crippen molar-refractivity contribution in [1.82, 2.24) is 4.90 Å². The van der Waals surface area contributed by atoms with Gasteiger partial charge in [0.2, 0.25) is 0 Å². The Hall–Kier alpha value is -1.10. The molecule has 0 fully saturated rings. The van der Waals surface area contributed by atoms with Gasteiger partial charge < -0.3 is 19.5 Å². The number of nitrogens with zero attached hydrogens (tertiary/aromatic N) is 1. The highest BCUT2D eigenvalue weighted by atomic mass is 16.5. The molecule has 112 valence electrons. The molecule has 1 aliphatic rings. The van der Waals surface area contributed by atoms with E-state index in [-0.39, 0.29) is 6.04 Å². The zero-order chi connectivity index (χ0) is 14.5. The van der Waals surface area contributed by atoms with Gasteiger partial charge in [0.05, 0.1) is 13.2 Å². The van der Waals surface area contributed by atoms with Crippen LogP contribution in [-0.4, -0.2) is 50.5 Å². The fourth-order valence-corrected chi connectivity index (χ4v) is 2.96. The Morgan fingerprint density at radius 3 is 2.85 bits per heavy atom. The van der Waals surface area contributed by atoms with Crippen LogP contribution in [0, 0.1) is 0 Å². The predicted octanol–water partition coefficient (Wildman–Crippen LogP) is 2.01. The highest BCUT2D eigenvalue weighted by Crippen LogP contribution is 2.34. The van der Waals surface area contributed by atoms with Gasteiger partial charge >= 0.3 is 0 Å². The Morgan fingerprint density at radius 2 is 2.15 bits per heavy atom. The molecule has 0 saturated carbocycles. The average molecular weight is 279 g/mol. The van der Waals surface area contributed by atoms with Crippen LogP contribution in [0.4, 0.5) is 0 Å². The molecule has 0 bridgehead atoms. The average Bonchev–Trinajstić information content (AvgIpc) is 2.47. The summed E-state index contributed by atoms with van der Waals surface area (Å²) >= 11 is 0. The zero-order valence-corrected chi connectivity index (χ0v) is 12.6.